The summed E-state index contributed by atoms with van der Waals surface area (Å²) in [7, 11) is 0. The standard InChI is InChI=1S/C19H27NOS/c1-8-21-16-10-9-15(13-17(16)22-12-11-20-7)19(5,6)14-18(2,3)4/h9-13H,8,14H2,1-6H3/b12-11+. The predicted molar refractivity (Wildman–Crippen MR) is 96.3 cm³/mol. The summed E-state index contributed by atoms with van der Waals surface area (Å²) in [5, 5.41) is 1.81. The third kappa shape index (κ3) is 5.77. The summed E-state index contributed by atoms with van der Waals surface area (Å²) in [6.45, 7) is 20.9. The summed E-state index contributed by atoms with van der Waals surface area (Å²) in [6.07, 6.45) is 2.59. The van der Waals surface area contributed by atoms with Crippen LogP contribution in [0.4, 0.5) is 0 Å². The van der Waals surface area contributed by atoms with Crippen molar-refractivity contribution in [3.8, 4) is 5.75 Å². The second-order valence-electron chi connectivity index (χ2n) is 7.25. The van der Waals surface area contributed by atoms with Crippen LogP contribution in [0.2, 0.25) is 0 Å². The first-order valence-corrected chi connectivity index (χ1v) is 8.53. The van der Waals surface area contributed by atoms with E-state index in [1.165, 1.54) is 11.8 Å². The molecular weight excluding hydrogens is 290 g/mol. The number of ether oxygens (including phenoxy) is 1. The fourth-order valence-electron chi connectivity index (χ4n) is 2.86. The van der Waals surface area contributed by atoms with E-state index < -0.39 is 0 Å². The number of rotatable bonds is 6. The molecule has 120 valence electrons. The Balaban J connectivity index is 3.14. The van der Waals surface area contributed by atoms with Gasteiger partial charge in [-0.05, 0) is 47.3 Å². The fraction of sp³-hybridized carbons (Fsp3) is 0.526. The minimum Gasteiger partial charge on any atom is -0.493 e. The molecule has 0 radical (unpaired) electrons. The number of hydrogen-bond donors (Lipinski definition) is 0. The van der Waals surface area contributed by atoms with E-state index in [-0.39, 0.29) is 10.8 Å². The summed E-state index contributed by atoms with van der Waals surface area (Å²) >= 11 is 1.54. The van der Waals surface area contributed by atoms with Crippen molar-refractivity contribution < 1.29 is 4.74 Å². The fourth-order valence-corrected chi connectivity index (χ4v) is 3.56. The van der Waals surface area contributed by atoms with Gasteiger partial charge in [-0.25, -0.2) is 4.85 Å². The van der Waals surface area contributed by atoms with Crippen LogP contribution >= 0.6 is 11.8 Å². The molecule has 3 heteroatoms. The molecule has 0 heterocycles. The Morgan fingerprint density at radius 2 is 1.91 bits per heavy atom. The summed E-state index contributed by atoms with van der Waals surface area (Å²) in [6, 6.07) is 6.42. The normalized spacial score (nSPS) is 12.4. The van der Waals surface area contributed by atoms with Crippen molar-refractivity contribution in [2.45, 2.75) is 58.3 Å². The van der Waals surface area contributed by atoms with Crippen LogP contribution in [0.3, 0.4) is 0 Å². The second-order valence-corrected chi connectivity index (χ2v) is 8.20. The third-order valence-corrected chi connectivity index (χ3v) is 4.16. The van der Waals surface area contributed by atoms with Gasteiger partial charge in [0.05, 0.1) is 18.1 Å². The maximum absolute atomic E-state index is 6.84. The van der Waals surface area contributed by atoms with Gasteiger partial charge in [0.15, 0.2) is 6.20 Å². The van der Waals surface area contributed by atoms with Crippen molar-refractivity contribution in [2.75, 3.05) is 6.61 Å². The van der Waals surface area contributed by atoms with Crippen LogP contribution in [-0.4, -0.2) is 6.61 Å². The number of hydrogen-bond acceptors (Lipinski definition) is 2. The quantitative estimate of drug-likeness (QED) is 0.452. The minimum absolute atomic E-state index is 0.0990. The highest BCUT2D eigenvalue weighted by Gasteiger charge is 2.27. The third-order valence-electron chi connectivity index (χ3n) is 3.33. The predicted octanol–water partition coefficient (Wildman–Crippen LogP) is 6.28. The molecular formula is C19H27NOS. The summed E-state index contributed by atoms with van der Waals surface area (Å²) in [5.74, 6) is 0.887. The highest BCUT2D eigenvalue weighted by Crippen LogP contribution is 2.40. The van der Waals surface area contributed by atoms with Crippen LogP contribution in [0.25, 0.3) is 4.85 Å². The van der Waals surface area contributed by atoms with Gasteiger partial charge < -0.3 is 4.74 Å². The monoisotopic (exact) mass is 317 g/mol. The Morgan fingerprint density at radius 1 is 1.23 bits per heavy atom. The second kappa shape index (κ2) is 7.74. The van der Waals surface area contributed by atoms with E-state index in [0.717, 1.165) is 17.1 Å². The van der Waals surface area contributed by atoms with E-state index in [4.69, 9.17) is 11.3 Å². The van der Waals surface area contributed by atoms with Crippen LogP contribution in [0.15, 0.2) is 34.7 Å². The molecule has 0 saturated heterocycles. The first-order chi connectivity index (χ1) is 10.2. The Hall–Kier alpha value is -1.40. The lowest BCUT2D eigenvalue weighted by Crippen LogP contribution is -2.24. The SMILES string of the molecule is [C-]#[N+]/C=C/Sc1cc(C(C)(C)CC(C)(C)C)ccc1OCC. The minimum atomic E-state index is 0.0990. The van der Waals surface area contributed by atoms with Gasteiger partial charge in [0.2, 0.25) is 0 Å². The maximum Gasteiger partial charge on any atom is 0.160 e. The molecule has 0 unspecified atom stereocenters. The molecule has 0 bridgehead atoms. The molecule has 1 aromatic rings. The van der Waals surface area contributed by atoms with Gasteiger partial charge in [-0.1, -0.05) is 40.7 Å². The van der Waals surface area contributed by atoms with Crippen LogP contribution in [0.5, 0.6) is 5.75 Å². The smallest absolute Gasteiger partial charge is 0.160 e. The largest absolute Gasteiger partial charge is 0.493 e. The number of nitrogens with zero attached hydrogens (tertiary/aromatic N) is 1. The molecule has 0 saturated carbocycles. The van der Waals surface area contributed by atoms with Gasteiger partial charge in [0.25, 0.3) is 0 Å². The summed E-state index contributed by atoms with van der Waals surface area (Å²) in [4.78, 5) is 4.32. The van der Waals surface area contributed by atoms with Crippen LogP contribution < -0.4 is 4.74 Å². The average molecular weight is 317 g/mol. The van der Waals surface area contributed by atoms with Crippen LogP contribution in [-0.2, 0) is 5.41 Å². The number of thioether (sulfide) groups is 1. The average Bonchev–Trinajstić information content (AvgIpc) is 2.38. The lowest BCUT2D eigenvalue weighted by Gasteiger charge is -2.33. The Labute approximate surface area is 139 Å². The molecule has 0 fully saturated rings. The molecule has 0 atom stereocenters. The van der Waals surface area contributed by atoms with Crippen LogP contribution in [0.1, 0.15) is 53.5 Å². The molecule has 1 rings (SSSR count). The van der Waals surface area contributed by atoms with Crippen molar-refractivity contribution in [3.63, 3.8) is 0 Å². The molecule has 0 N–H and O–H groups in total. The van der Waals surface area contributed by atoms with Gasteiger partial charge in [0, 0.05) is 0 Å². The van der Waals surface area contributed by atoms with Crippen molar-refractivity contribution in [1.82, 2.24) is 0 Å². The van der Waals surface area contributed by atoms with Crippen molar-refractivity contribution in [2.24, 2.45) is 5.41 Å². The van der Waals surface area contributed by atoms with Gasteiger partial charge >= 0.3 is 0 Å². The lowest BCUT2D eigenvalue weighted by molar-refractivity contribution is 0.283. The summed E-state index contributed by atoms with van der Waals surface area (Å²) in [5.41, 5.74) is 1.69. The Kier molecular flexibility index (Phi) is 6.56. The van der Waals surface area contributed by atoms with E-state index >= 15 is 0 Å². The van der Waals surface area contributed by atoms with E-state index in [9.17, 15) is 0 Å². The van der Waals surface area contributed by atoms with Crippen molar-refractivity contribution >= 4 is 11.8 Å². The van der Waals surface area contributed by atoms with Crippen molar-refractivity contribution in [1.29, 1.82) is 0 Å². The van der Waals surface area contributed by atoms with Gasteiger partial charge in [-0.3, -0.25) is 0 Å². The highest BCUT2D eigenvalue weighted by atomic mass is 32.2. The van der Waals surface area contributed by atoms with E-state index in [1.807, 2.05) is 12.3 Å². The zero-order chi connectivity index (χ0) is 16.8. The first-order valence-electron chi connectivity index (χ1n) is 7.65. The Bertz CT molecular complexity index is 562. The topological polar surface area (TPSA) is 13.6 Å². The Morgan fingerprint density at radius 3 is 2.45 bits per heavy atom. The zero-order valence-corrected chi connectivity index (χ0v) is 15.4. The van der Waals surface area contributed by atoms with E-state index in [0.29, 0.717) is 6.61 Å². The molecule has 0 aliphatic rings. The molecule has 1 aromatic carbocycles. The van der Waals surface area contributed by atoms with E-state index in [2.05, 4.69) is 57.7 Å². The first kappa shape index (κ1) is 18.6. The van der Waals surface area contributed by atoms with Gasteiger partial charge in [-0.2, -0.15) is 0 Å². The van der Waals surface area contributed by atoms with Gasteiger partial charge in [-0.15, -0.1) is 11.8 Å². The molecule has 0 aliphatic carbocycles. The molecule has 0 amide bonds. The molecule has 0 aromatic heterocycles. The molecule has 0 aliphatic heterocycles. The molecule has 2 nitrogen and oxygen atoms in total. The zero-order valence-electron chi connectivity index (χ0n) is 14.6. The van der Waals surface area contributed by atoms with Crippen LogP contribution in [0, 0.1) is 12.0 Å². The van der Waals surface area contributed by atoms with Gasteiger partial charge in [0.1, 0.15) is 5.75 Å². The molecule has 0 spiro atoms. The maximum atomic E-state index is 6.84. The van der Waals surface area contributed by atoms with E-state index in [1.54, 1.807) is 11.8 Å². The summed E-state index contributed by atoms with van der Waals surface area (Å²) < 4.78 is 5.70. The van der Waals surface area contributed by atoms with Crippen molar-refractivity contribution in [3.05, 3.63) is 46.8 Å². The molecule has 22 heavy (non-hydrogen) atoms. The number of benzene rings is 1. The highest BCUT2D eigenvalue weighted by molar-refractivity contribution is 8.02. The lowest BCUT2D eigenvalue weighted by atomic mass is 9.72.